The Morgan fingerprint density at radius 3 is 2.96 bits per heavy atom. The summed E-state index contributed by atoms with van der Waals surface area (Å²) < 4.78 is 6.71. The smallest absolute Gasteiger partial charge is 0.432 e. The van der Waals surface area contributed by atoms with E-state index in [-0.39, 0.29) is 0 Å². The monoisotopic (exact) mass is 376 g/mol. The average molecular weight is 377 g/mol. The lowest BCUT2D eigenvalue weighted by atomic mass is 10.2. The number of rotatable bonds is 3. The zero-order chi connectivity index (χ0) is 15.8. The van der Waals surface area contributed by atoms with Crippen LogP contribution in [0, 0.1) is 0 Å². The fourth-order valence-electron chi connectivity index (χ4n) is 3.07. The first-order chi connectivity index (χ1) is 11.3. The lowest BCUT2D eigenvalue weighted by Crippen LogP contribution is -2.45. The second-order valence-electron chi connectivity index (χ2n) is 5.60. The average Bonchev–Trinajstić information content (AvgIpc) is 2.92. The number of piperazine rings is 1. The molecule has 0 amide bonds. The molecule has 4 rings (SSSR count). The fourth-order valence-corrected chi connectivity index (χ4v) is 3.43. The Labute approximate surface area is 142 Å². The van der Waals surface area contributed by atoms with E-state index in [1.165, 1.54) is 0 Å². The summed E-state index contributed by atoms with van der Waals surface area (Å²) in [5.41, 5.74) is 3.05. The third-order valence-electron chi connectivity index (χ3n) is 4.12. The summed E-state index contributed by atoms with van der Waals surface area (Å²) in [5.74, 6) is 1.05. The van der Waals surface area contributed by atoms with Crippen molar-refractivity contribution in [3.05, 3.63) is 22.7 Å². The number of benzene rings is 1. The molecule has 1 aliphatic rings. The molecule has 7 heteroatoms. The van der Waals surface area contributed by atoms with Crippen LogP contribution in [0.5, 0.6) is 6.01 Å². The van der Waals surface area contributed by atoms with Crippen molar-refractivity contribution in [2.24, 2.45) is 0 Å². The van der Waals surface area contributed by atoms with Crippen LogP contribution in [-0.4, -0.2) is 42.8 Å². The SMILES string of the molecule is CCOc1nc2c([nH]c3cc(Br)ccc32)c(N2CCNCC2)[nH+]1. The third kappa shape index (κ3) is 2.64. The van der Waals surface area contributed by atoms with Crippen molar-refractivity contribution < 1.29 is 9.72 Å². The van der Waals surface area contributed by atoms with Crippen molar-refractivity contribution in [2.45, 2.75) is 6.92 Å². The van der Waals surface area contributed by atoms with Gasteiger partial charge in [0.2, 0.25) is 0 Å². The molecule has 23 heavy (non-hydrogen) atoms. The van der Waals surface area contributed by atoms with E-state index in [4.69, 9.17) is 4.74 Å². The number of fused-ring (bicyclic) bond motifs is 3. The van der Waals surface area contributed by atoms with Gasteiger partial charge in [-0.3, -0.25) is 4.90 Å². The van der Waals surface area contributed by atoms with Gasteiger partial charge in [-0.15, -0.1) is 0 Å². The Hall–Kier alpha value is -1.86. The Balaban J connectivity index is 1.96. The minimum absolute atomic E-state index is 0.567. The summed E-state index contributed by atoms with van der Waals surface area (Å²) in [5, 5.41) is 4.49. The molecule has 3 N–H and O–H groups in total. The Bertz CT molecular complexity index is 856. The maximum Gasteiger partial charge on any atom is 0.432 e. The van der Waals surface area contributed by atoms with Gasteiger partial charge in [0.15, 0.2) is 11.0 Å². The normalized spacial score (nSPS) is 15.5. The van der Waals surface area contributed by atoms with Crippen LogP contribution in [0.3, 0.4) is 0 Å². The van der Waals surface area contributed by atoms with E-state index in [0.29, 0.717) is 12.6 Å². The van der Waals surface area contributed by atoms with Crippen LogP contribution in [-0.2, 0) is 0 Å². The van der Waals surface area contributed by atoms with E-state index >= 15 is 0 Å². The molecule has 1 saturated heterocycles. The zero-order valence-electron chi connectivity index (χ0n) is 12.9. The highest BCUT2D eigenvalue weighted by Gasteiger charge is 2.25. The van der Waals surface area contributed by atoms with E-state index in [1.807, 2.05) is 13.0 Å². The number of hydrogen-bond donors (Lipinski definition) is 2. The lowest BCUT2D eigenvalue weighted by Gasteiger charge is -2.24. The van der Waals surface area contributed by atoms with Crippen LogP contribution in [0.1, 0.15) is 6.92 Å². The zero-order valence-corrected chi connectivity index (χ0v) is 14.5. The predicted octanol–water partition coefficient (Wildman–Crippen LogP) is 2.10. The van der Waals surface area contributed by atoms with E-state index in [2.05, 4.69) is 53.2 Å². The third-order valence-corrected chi connectivity index (χ3v) is 4.62. The molecule has 0 aliphatic carbocycles. The summed E-state index contributed by atoms with van der Waals surface area (Å²) in [6.45, 7) is 6.43. The van der Waals surface area contributed by atoms with Gasteiger partial charge < -0.3 is 15.0 Å². The topological polar surface area (TPSA) is 67.3 Å². The molecule has 0 unspecified atom stereocenters. The minimum Gasteiger partial charge on any atom is -0.441 e. The van der Waals surface area contributed by atoms with Gasteiger partial charge in [0.05, 0.1) is 25.2 Å². The molecular formula is C16H19BrN5O+. The van der Waals surface area contributed by atoms with Gasteiger partial charge >= 0.3 is 6.01 Å². The van der Waals surface area contributed by atoms with Gasteiger partial charge in [-0.1, -0.05) is 20.9 Å². The van der Waals surface area contributed by atoms with Crippen LogP contribution in [0.15, 0.2) is 22.7 Å². The van der Waals surface area contributed by atoms with Gasteiger partial charge in [0.1, 0.15) is 0 Å². The highest BCUT2D eigenvalue weighted by molar-refractivity contribution is 9.10. The molecule has 6 nitrogen and oxygen atoms in total. The molecule has 3 heterocycles. The lowest BCUT2D eigenvalue weighted by molar-refractivity contribution is -0.384. The van der Waals surface area contributed by atoms with Crippen molar-refractivity contribution >= 4 is 43.7 Å². The largest absolute Gasteiger partial charge is 0.441 e. The highest BCUT2D eigenvalue weighted by Crippen LogP contribution is 2.31. The molecular weight excluding hydrogens is 358 g/mol. The molecule has 0 spiro atoms. The number of aromatic nitrogens is 3. The fraction of sp³-hybridized carbons (Fsp3) is 0.375. The number of aromatic amines is 2. The van der Waals surface area contributed by atoms with Crippen molar-refractivity contribution in [1.29, 1.82) is 0 Å². The first kappa shape index (κ1) is 14.7. The quantitative estimate of drug-likeness (QED) is 0.734. The number of hydrogen-bond acceptors (Lipinski definition) is 4. The van der Waals surface area contributed by atoms with E-state index in [1.54, 1.807) is 0 Å². The molecule has 0 bridgehead atoms. The van der Waals surface area contributed by atoms with E-state index in [9.17, 15) is 0 Å². The molecule has 0 atom stereocenters. The number of nitrogens with zero attached hydrogens (tertiary/aromatic N) is 2. The first-order valence-electron chi connectivity index (χ1n) is 7.89. The predicted molar refractivity (Wildman–Crippen MR) is 94.1 cm³/mol. The first-order valence-corrected chi connectivity index (χ1v) is 8.68. The molecule has 1 aromatic carbocycles. The van der Waals surface area contributed by atoms with Crippen LogP contribution in [0.2, 0.25) is 0 Å². The second kappa shape index (κ2) is 5.98. The number of ether oxygens (including phenoxy) is 1. The van der Waals surface area contributed by atoms with Crippen molar-refractivity contribution in [1.82, 2.24) is 15.3 Å². The highest BCUT2D eigenvalue weighted by atomic mass is 79.9. The summed E-state index contributed by atoms with van der Waals surface area (Å²) in [7, 11) is 0. The summed E-state index contributed by atoms with van der Waals surface area (Å²) in [4.78, 5) is 13.9. The van der Waals surface area contributed by atoms with E-state index in [0.717, 1.165) is 58.4 Å². The second-order valence-corrected chi connectivity index (χ2v) is 6.51. The Morgan fingerprint density at radius 1 is 1.35 bits per heavy atom. The molecule has 1 aliphatic heterocycles. The summed E-state index contributed by atoms with van der Waals surface area (Å²) in [6.07, 6.45) is 0. The molecule has 3 aromatic rings. The van der Waals surface area contributed by atoms with Gasteiger partial charge in [0.25, 0.3) is 5.82 Å². The summed E-state index contributed by atoms with van der Waals surface area (Å²) in [6, 6.07) is 6.78. The molecule has 1 fully saturated rings. The number of H-pyrrole nitrogens is 2. The van der Waals surface area contributed by atoms with E-state index < -0.39 is 0 Å². The maximum atomic E-state index is 5.66. The van der Waals surface area contributed by atoms with Gasteiger partial charge in [0, 0.05) is 22.9 Å². The summed E-state index contributed by atoms with van der Waals surface area (Å²) >= 11 is 3.53. The van der Waals surface area contributed by atoms with Crippen LogP contribution >= 0.6 is 15.9 Å². The number of halogens is 1. The molecule has 0 saturated carbocycles. The molecule has 2 aromatic heterocycles. The van der Waals surface area contributed by atoms with Crippen LogP contribution in [0.25, 0.3) is 21.9 Å². The van der Waals surface area contributed by atoms with Gasteiger partial charge in [-0.05, 0) is 25.1 Å². The van der Waals surface area contributed by atoms with Crippen molar-refractivity contribution in [3.63, 3.8) is 0 Å². The van der Waals surface area contributed by atoms with Gasteiger partial charge in [-0.25, -0.2) is 4.98 Å². The minimum atomic E-state index is 0.567. The standard InChI is InChI=1S/C16H18BrN5O/c1-2-23-16-20-13-11-4-3-10(17)9-12(11)19-14(13)15(21-16)22-7-5-18-6-8-22/h3-4,9,18-19H,2,5-8H2,1H3/p+1. The van der Waals surface area contributed by atoms with Crippen LogP contribution in [0.4, 0.5) is 5.82 Å². The van der Waals surface area contributed by atoms with Crippen molar-refractivity contribution in [3.8, 4) is 6.01 Å². The number of anilines is 1. The molecule has 0 radical (unpaired) electrons. The Morgan fingerprint density at radius 2 is 2.17 bits per heavy atom. The molecule has 120 valence electrons. The Kier molecular flexibility index (Phi) is 3.82. The van der Waals surface area contributed by atoms with Crippen LogP contribution < -0.4 is 19.9 Å². The maximum absolute atomic E-state index is 5.66. The van der Waals surface area contributed by atoms with Crippen molar-refractivity contribution in [2.75, 3.05) is 37.7 Å². The van der Waals surface area contributed by atoms with Gasteiger partial charge in [-0.2, -0.15) is 0 Å². The number of nitrogens with one attached hydrogen (secondary N) is 3.